The highest BCUT2D eigenvalue weighted by Gasteiger charge is 2.31. The van der Waals surface area contributed by atoms with E-state index in [1.807, 2.05) is 0 Å². The maximum atomic E-state index is 12.7. The predicted octanol–water partition coefficient (Wildman–Crippen LogP) is 3.10. The minimum atomic E-state index is -4.44. The fraction of sp³-hybridized carbons (Fsp3) is 0.273. The van der Waals surface area contributed by atoms with Crippen LogP contribution in [-0.4, -0.2) is 20.1 Å². The first-order valence-corrected chi connectivity index (χ1v) is 6.05. The third-order valence-electron chi connectivity index (χ3n) is 2.41. The van der Waals surface area contributed by atoms with Crippen LogP contribution in [0.4, 0.5) is 13.2 Å². The molecular formula is C11H9BrF3N3O. The Kier molecular flexibility index (Phi) is 3.64. The molecule has 0 aliphatic rings. The molecule has 0 saturated heterocycles. The SMILES string of the molecule is CC(O)c1cn(-c2cc(Br)cc(C(F)(F)F)c2)nn1. The van der Waals surface area contributed by atoms with Gasteiger partial charge in [0.1, 0.15) is 5.69 Å². The van der Waals surface area contributed by atoms with Crippen LogP contribution in [0.15, 0.2) is 28.9 Å². The summed E-state index contributed by atoms with van der Waals surface area (Å²) in [6.45, 7) is 1.50. The normalized spacial score (nSPS) is 13.6. The smallest absolute Gasteiger partial charge is 0.387 e. The second-order valence-corrected chi connectivity index (χ2v) is 4.88. The number of aliphatic hydroxyl groups is 1. The predicted molar refractivity (Wildman–Crippen MR) is 64.7 cm³/mol. The van der Waals surface area contributed by atoms with E-state index in [-0.39, 0.29) is 15.9 Å². The van der Waals surface area contributed by atoms with Crippen molar-refractivity contribution in [1.82, 2.24) is 15.0 Å². The molecule has 0 bridgehead atoms. The summed E-state index contributed by atoms with van der Waals surface area (Å²) < 4.78 is 39.5. The van der Waals surface area contributed by atoms with Gasteiger partial charge in [-0.3, -0.25) is 0 Å². The molecule has 102 valence electrons. The minimum absolute atomic E-state index is 0.209. The minimum Gasteiger partial charge on any atom is -0.387 e. The lowest BCUT2D eigenvalue weighted by molar-refractivity contribution is -0.137. The Labute approximate surface area is 115 Å². The van der Waals surface area contributed by atoms with Crippen LogP contribution in [0, 0.1) is 0 Å². The molecule has 2 aromatic rings. The number of aliphatic hydroxyl groups excluding tert-OH is 1. The number of hydrogen-bond acceptors (Lipinski definition) is 3. The van der Waals surface area contributed by atoms with Gasteiger partial charge in [0, 0.05) is 4.47 Å². The Hall–Kier alpha value is -1.41. The van der Waals surface area contributed by atoms with Crippen LogP contribution in [0.3, 0.4) is 0 Å². The molecule has 0 amide bonds. The van der Waals surface area contributed by atoms with Crippen LogP contribution in [0.2, 0.25) is 0 Å². The van der Waals surface area contributed by atoms with E-state index in [9.17, 15) is 18.3 Å². The van der Waals surface area contributed by atoms with Crippen LogP contribution >= 0.6 is 15.9 Å². The molecule has 1 aromatic heterocycles. The molecule has 0 aliphatic carbocycles. The topological polar surface area (TPSA) is 50.9 Å². The van der Waals surface area contributed by atoms with Gasteiger partial charge in [0.05, 0.1) is 23.6 Å². The molecule has 19 heavy (non-hydrogen) atoms. The van der Waals surface area contributed by atoms with Gasteiger partial charge in [-0.15, -0.1) is 5.10 Å². The maximum Gasteiger partial charge on any atom is 0.416 e. The summed E-state index contributed by atoms with van der Waals surface area (Å²) in [5.41, 5.74) is -0.291. The van der Waals surface area contributed by atoms with Crippen LogP contribution in [0.5, 0.6) is 0 Å². The average Bonchev–Trinajstić information content (AvgIpc) is 2.76. The van der Waals surface area contributed by atoms with Crippen LogP contribution < -0.4 is 0 Å². The zero-order valence-electron chi connectivity index (χ0n) is 9.69. The molecule has 4 nitrogen and oxygen atoms in total. The molecule has 0 saturated carbocycles. The van der Waals surface area contributed by atoms with Crippen molar-refractivity contribution < 1.29 is 18.3 Å². The van der Waals surface area contributed by atoms with Gasteiger partial charge in [-0.1, -0.05) is 21.1 Å². The Bertz CT molecular complexity index is 595. The summed E-state index contributed by atoms with van der Waals surface area (Å²) in [4.78, 5) is 0. The van der Waals surface area contributed by atoms with Gasteiger partial charge < -0.3 is 5.11 Å². The summed E-state index contributed by atoms with van der Waals surface area (Å²) in [6, 6.07) is 3.43. The molecule has 1 atom stereocenters. The molecular weight excluding hydrogens is 327 g/mol. The first-order chi connectivity index (χ1) is 8.77. The largest absolute Gasteiger partial charge is 0.416 e. The van der Waals surface area contributed by atoms with E-state index < -0.39 is 17.8 Å². The Balaban J connectivity index is 2.47. The molecule has 1 aromatic carbocycles. The molecule has 0 radical (unpaired) electrons. The van der Waals surface area contributed by atoms with Crippen molar-refractivity contribution in [3.8, 4) is 5.69 Å². The third kappa shape index (κ3) is 3.13. The van der Waals surface area contributed by atoms with Crippen LogP contribution in [0.25, 0.3) is 5.69 Å². The van der Waals surface area contributed by atoms with Gasteiger partial charge in [-0.25, -0.2) is 4.68 Å². The lowest BCUT2D eigenvalue weighted by Crippen LogP contribution is -2.06. The highest BCUT2D eigenvalue weighted by Crippen LogP contribution is 2.32. The summed E-state index contributed by atoms with van der Waals surface area (Å²) in [7, 11) is 0. The van der Waals surface area contributed by atoms with Gasteiger partial charge in [0.2, 0.25) is 0 Å². The quantitative estimate of drug-likeness (QED) is 0.917. The summed E-state index contributed by atoms with van der Waals surface area (Å²) in [5, 5.41) is 16.7. The monoisotopic (exact) mass is 335 g/mol. The standard InChI is InChI=1S/C11H9BrF3N3O/c1-6(19)10-5-18(17-16-10)9-3-7(11(13,14)15)2-8(12)4-9/h2-6,19H,1H3. The second kappa shape index (κ2) is 4.93. The van der Waals surface area contributed by atoms with Gasteiger partial charge in [0.15, 0.2) is 0 Å². The summed E-state index contributed by atoms with van der Waals surface area (Å²) in [5.74, 6) is 0. The van der Waals surface area contributed by atoms with Crippen molar-refractivity contribution in [2.24, 2.45) is 0 Å². The fourth-order valence-corrected chi connectivity index (χ4v) is 1.95. The van der Waals surface area contributed by atoms with Crippen LogP contribution in [-0.2, 0) is 6.18 Å². The van der Waals surface area contributed by atoms with Crippen molar-refractivity contribution in [1.29, 1.82) is 0 Å². The van der Waals surface area contributed by atoms with Gasteiger partial charge >= 0.3 is 6.18 Å². The van der Waals surface area contributed by atoms with E-state index in [0.29, 0.717) is 0 Å². The van der Waals surface area contributed by atoms with Crippen molar-refractivity contribution in [3.63, 3.8) is 0 Å². The molecule has 0 fully saturated rings. The molecule has 2 rings (SSSR count). The van der Waals surface area contributed by atoms with Crippen molar-refractivity contribution in [2.75, 3.05) is 0 Å². The highest BCUT2D eigenvalue weighted by atomic mass is 79.9. The van der Waals surface area contributed by atoms with Crippen LogP contribution in [0.1, 0.15) is 24.3 Å². The Morgan fingerprint density at radius 2 is 2.00 bits per heavy atom. The number of hydrogen-bond donors (Lipinski definition) is 1. The first kappa shape index (κ1) is 14.0. The second-order valence-electron chi connectivity index (χ2n) is 3.96. The number of nitrogens with zero attached hydrogens (tertiary/aromatic N) is 3. The van der Waals surface area contributed by atoms with E-state index in [2.05, 4.69) is 26.2 Å². The van der Waals surface area contributed by atoms with E-state index >= 15 is 0 Å². The molecule has 8 heteroatoms. The number of benzene rings is 1. The zero-order chi connectivity index (χ0) is 14.2. The summed E-state index contributed by atoms with van der Waals surface area (Å²) >= 11 is 3.03. The van der Waals surface area contributed by atoms with Crippen molar-refractivity contribution in [2.45, 2.75) is 19.2 Å². The number of aromatic nitrogens is 3. The van der Waals surface area contributed by atoms with Crippen molar-refractivity contribution in [3.05, 3.63) is 40.1 Å². The lowest BCUT2D eigenvalue weighted by atomic mass is 10.2. The molecule has 1 N–H and O–H groups in total. The average molecular weight is 336 g/mol. The van der Waals surface area contributed by atoms with E-state index in [1.165, 1.54) is 23.9 Å². The molecule has 1 unspecified atom stereocenters. The van der Waals surface area contributed by atoms with E-state index in [4.69, 9.17) is 0 Å². The molecule has 0 aliphatic heterocycles. The molecule has 0 spiro atoms. The number of halogens is 4. The van der Waals surface area contributed by atoms with Gasteiger partial charge in [-0.05, 0) is 25.1 Å². The number of rotatable bonds is 2. The van der Waals surface area contributed by atoms with E-state index in [0.717, 1.165) is 12.1 Å². The van der Waals surface area contributed by atoms with Crippen molar-refractivity contribution >= 4 is 15.9 Å². The Morgan fingerprint density at radius 1 is 1.32 bits per heavy atom. The highest BCUT2D eigenvalue weighted by molar-refractivity contribution is 9.10. The lowest BCUT2D eigenvalue weighted by Gasteiger charge is -2.09. The molecule has 1 heterocycles. The van der Waals surface area contributed by atoms with E-state index in [1.54, 1.807) is 0 Å². The first-order valence-electron chi connectivity index (χ1n) is 5.26. The fourth-order valence-electron chi connectivity index (χ4n) is 1.46. The zero-order valence-corrected chi connectivity index (χ0v) is 11.3. The third-order valence-corrected chi connectivity index (χ3v) is 2.87. The Morgan fingerprint density at radius 3 is 2.53 bits per heavy atom. The maximum absolute atomic E-state index is 12.7. The summed E-state index contributed by atoms with van der Waals surface area (Å²) in [6.07, 6.45) is -3.89. The number of alkyl halides is 3. The van der Waals surface area contributed by atoms with Gasteiger partial charge in [-0.2, -0.15) is 13.2 Å². The van der Waals surface area contributed by atoms with Gasteiger partial charge in [0.25, 0.3) is 0 Å².